The number of hydrogen-bond acceptors (Lipinski definition) is 6. The molecule has 6 nitrogen and oxygen atoms in total. The minimum Gasteiger partial charge on any atom is -0.478 e. The van der Waals surface area contributed by atoms with Crippen molar-refractivity contribution >= 4 is 5.97 Å². The Kier molecular flexibility index (Phi) is 9.24. The molecule has 25 heavy (non-hydrogen) atoms. The number of hydrogen-bond donors (Lipinski definition) is 0. The van der Waals surface area contributed by atoms with Crippen molar-refractivity contribution in [2.24, 2.45) is 11.3 Å². The number of carbonyl (C=O) groups is 1. The van der Waals surface area contributed by atoms with Crippen LogP contribution >= 0.6 is 0 Å². The Morgan fingerprint density at radius 3 is 2.44 bits per heavy atom. The van der Waals surface area contributed by atoms with E-state index in [0.29, 0.717) is 31.7 Å². The Balaban J connectivity index is 2.09. The fourth-order valence-electron chi connectivity index (χ4n) is 1.93. The van der Waals surface area contributed by atoms with E-state index >= 15 is 0 Å². The first-order valence-electron chi connectivity index (χ1n) is 9.13. The Bertz CT molecular complexity index is 518. The average Bonchev–Trinajstić information content (AvgIpc) is 2.57. The monoisotopic (exact) mass is 352 g/mol. The molecule has 0 aromatic carbocycles. The summed E-state index contributed by atoms with van der Waals surface area (Å²) in [6.07, 6.45) is 5.42. The zero-order valence-corrected chi connectivity index (χ0v) is 16.2. The van der Waals surface area contributed by atoms with Gasteiger partial charge in [0, 0.05) is 12.3 Å². The Hall–Kier alpha value is -1.85. The molecule has 1 aromatic rings. The Labute approximate surface area is 151 Å². The molecule has 0 amide bonds. The second-order valence-electron chi connectivity index (χ2n) is 6.89. The summed E-state index contributed by atoms with van der Waals surface area (Å²) < 4.78 is 16.2. The van der Waals surface area contributed by atoms with Crippen molar-refractivity contribution in [3.05, 3.63) is 12.3 Å². The molecule has 0 aliphatic heterocycles. The molecule has 0 aliphatic rings. The first-order valence-corrected chi connectivity index (χ1v) is 9.13. The van der Waals surface area contributed by atoms with E-state index in [1.165, 1.54) is 0 Å². The summed E-state index contributed by atoms with van der Waals surface area (Å²) in [6.45, 7) is 11.5. The smallest absolute Gasteiger partial charge is 0.319 e. The lowest BCUT2D eigenvalue weighted by Crippen LogP contribution is -2.32. The van der Waals surface area contributed by atoms with Crippen LogP contribution in [0.3, 0.4) is 0 Å². The van der Waals surface area contributed by atoms with Gasteiger partial charge in [0.05, 0.1) is 25.2 Å². The number of ether oxygens (including phenoxy) is 3. The second kappa shape index (κ2) is 10.9. The molecular weight excluding hydrogens is 320 g/mol. The van der Waals surface area contributed by atoms with E-state index in [-0.39, 0.29) is 11.9 Å². The predicted molar refractivity (Wildman–Crippen MR) is 96.7 cm³/mol. The molecule has 142 valence electrons. The lowest BCUT2D eigenvalue weighted by Gasteiger charge is -2.26. The predicted octanol–water partition coefficient (Wildman–Crippen LogP) is 4.04. The van der Waals surface area contributed by atoms with Gasteiger partial charge in [0.25, 0.3) is 0 Å². The van der Waals surface area contributed by atoms with Gasteiger partial charge in [0.2, 0.25) is 5.88 Å². The van der Waals surface area contributed by atoms with Crippen LogP contribution in [-0.2, 0) is 9.53 Å². The van der Waals surface area contributed by atoms with Gasteiger partial charge in [0.1, 0.15) is 0 Å². The van der Waals surface area contributed by atoms with Gasteiger partial charge in [-0.1, -0.05) is 13.8 Å². The van der Waals surface area contributed by atoms with Gasteiger partial charge in [0.15, 0.2) is 0 Å². The fraction of sp³-hybridized carbons (Fsp3) is 0.737. The van der Waals surface area contributed by atoms with E-state index in [1.54, 1.807) is 12.3 Å². The summed E-state index contributed by atoms with van der Waals surface area (Å²) in [6, 6.07) is 2.05. The van der Waals surface area contributed by atoms with E-state index in [4.69, 9.17) is 14.2 Å². The third-order valence-corrected chi connectivity index (χ3v) is 4.37. The highest BCUT2D eigenvalue weighted by atomic mass is 16.5. The SMILES string of the molecule is CCOc1ccnc(OCCCCCCOC(=O)C(C)(C)C(C)C)n1. The zero-order chi connectivity index (χ0) is 18.7. The summed E-state index contributed by atoms with van der Waals surface area (Å²) in [5.74, 6) is 0.677. The van der Waals surface area contributed by atoms with E-state index in [9.17, 15) is 4.79 Å². The molecule has 0 spiro atoms. The van der Waals surface area contributed by atoms with E-state index in [0.717, 1.165) is 25.7 Å². The Morgan fingerprint density at radius 2 is 1.80 bits per heavy atom. The average molecular weight is 352 g/mol. The van der Waals surface area contributed by atoms with Crippen LogP contribution in [0.15, 0.2) is 12.3 Å². The maximum Gasteiger partial charge on any atom is 0.319 e. The number of carbonyl (C=O) groups excluding carboxylic acids is 1. The highest BCUT2D eigenvalue weighted by Gasteiger charge is 2.32. The number of aromatic nitrogens is 2. The molecule has 1 rings (SSSR count). The van der Waals surface area contributed by atoms with Crippen LogP contribution in [0.25, 0.3) is 0 Å². The van der Waals surface area contributed by atoms with Gasteiger partial charge in [-0.25, -0.2) is 4.98 Å². The third-order valence-electron chi connectivity index (χ3n) is 4.37. The molecule has 0 bridgehead atoms. The first-order chi connectivity index (χ1) is 11.9. The van der Waals surface area contributed by atoms with Crippen molar-refractivity contribution in [3.8, 4) is 11.9 Å². The van der Waals surface area contributed by atoms with Crippen LogP contribution < -0.4 is 9.47 Å². The number of nitrogens with zero attached hydrogens (tertiary/aromatic N) is 2. The molecule has 0 unspecified atom stereocenters. The molecule has 0 saturated carbocycles. The molecule has 0 N–H and O–H groups in total. The highest BCUT2D eigenvalue weighted by molar-refractivity contribution is 5.76. The lowest BCUT2D eigenvalue weighted by atomic mass is 9.81. The number of esters is 1. The number of rotatable bonds is 12. The van der Waals surface area contributed by atoms with Crippen molar-refractivity contribution < 1.29 is 19.0 Å². The van der Waals surface area contributed by atoms with E-state index < -0.39 is 5.41 Å². The largest absolute Gasteiger partial charge is 0.478 e. The third kappa shape index (κ3) is 7.71. The normalized spacial score (nSPS) is 11.4. The quantitative estimate of drug-likeness (QED) is 0.418. The minimum absolute atomic E-state index is 0.114. The van der Waals surface area contributed by atoms with E-state index in [2.05, 4.69) is 9.97 Å². The minimum atomic E-state index is -0.427. The highest BCUT2D eigenvalue weighted by Crippen LogP contribution is 2.27. The van der Waals surface area contributed by atoms with Crippen molar-refractivity contribution in [1.29, 1.82) is 0 Å². The van der Waals surface area contributed by atoms with Crippen LogP contribution in [0.2, 0.25) is 0 Å². The Morgan fingerprint density at radius 1 is 1.12 bits per heavy atom. The molecule has 1 heterocycles. The zero-order valence-electron chi connectivity index (χ0n) is 16.2. The summed E-state index contributed by atoms with van der Waals surface area (Å²) in [5, 5.41) is 0. The van der Waals surface area contributed by atoms with Crippen LogP contribution in [0.4, 0.5) is 0 Å². The van der Waals surface area contributed by atoms with E-state index in [1.807, 2.05) is 34.6 Å². The number of unbranched alkanes of at least 4 members (excludes halogenated alkanes) is 3. The molecule has 0 radical (unpaired) electrons. The molecule has 0 saturated heterocycles. The van der Waals surface area contributed by atoms with Gasteiger partial charge >= 0.3 is 12.0 Å². The lowest BCUT2D eigenvalue weighted by molar-refractivity contribution is -0.156. The van der Waals surface area contributed by atoms with Gasteiger partial charge < -0.3 is 14.2 Å². The van der Waals surface area contributed by atoms with Crippen LogP contribution in [0.5, 0.6) is 11.9 Å². The fourth-order valence-corrected chi connectivity index (χ4v) is 1.93. The second-order valence-corrected chi connectivity index (χ2v) is 6.89. The maximum atomic E-state index is 12.0. The van der Waals surface area contributed by atoms with Gasteiger partial charge in [-0.3, -0.25) is 4.79 Å². The van der Waals surface area contributed by atoms with Crippen LogP contribution in [-0.4, -0.2) is 35.8 Å². The van der Waals surface area contributed by atoms with Gasteiger partial charge in [-0.2, -0.15) is 4.98 Å². The molecule has 6 heteroatoms. The first kappa shape index (κ1) is 21.2. The van der Waals surface area contributed by atoms with Crippen molar-refractivity contribution in [2.45, 2.75) is 60.3 Å². The summed E-state index contributed by atoms with van der Waals surface area (Å²) in [5.41, 5.74) is -0.427. The van der Waals surface area contributed by atoms with Crippen LogP contribution in [0.1, 0.15) is 60.3 Å². The van der Waals surface area contributed by atoms with Gasteiger partial charge in [-0.05, 0) is 52.4 Å². The molecular formula is C19H32N2O4. The standard InChI is InChI=1S/C19H32N2O4/c1-6-23-16-11-12-20-18(21-16)25-14-10-8-7-9-13-24-17(22)19(4,5)15(2)3/h11-12,15H,6-10,13-14H2,1-5H3. The molecule has 0 atom stereocenters. The summed E-state index contributed by atoms with van der Waals surface area (Å²) in [7, 11) is 0. The van der Waals surface area contributed by atoms with Gasteiger partial charge in [-0.15, -0.1) is 0 Å². The maximum absolute atomic E-state index is 12.0. The topological polar surface area (TPSA) is 70.5 Å². The molecule has 0 fully saturated rings. The molecule has 0 aliphatic carbocycles. The van der Waals surface area contributed by atoms with Crippen molar-refractivity contribution in [2.75, 3.05) is 19.8 Å². The summed E-state index contributed by atoms with van der Waals surface area (Å²) in [4.78, 5) is 20.2. The molecule has 1 aromatic heterocycles. The van der Waals surface area contributed by atoms with Crippen molar-refractivity contribution in [1.82, 2.24) is 9.97 Å². The van der Waals surface area contributed by atoms with Crippen molar-refractivity contribution in [3.63, 3.8) is 0 Å². The summed E-state index contributed by atoms with van der Waals surface area (Å²) >= 11 is 0. The van der Waals surface area contributed by atoms with Crippen LogP contribution in [0, 0.1) is 11.3 Å².